The number of hydrogen-bond donors (Lipinski definition) is 2. The van der Waals surface area contributed by atoms with Crippen molar-refractivity contribution in [3.05, 3.63) is 71.3 Å². The van der Waals surface area contributed by atoms with E-state index < -0.39 is 6.04 Å². The van der Waals surface area contributed by atoms with Crippen LogP contribution < -0.4 is 11.1 Å². The van der Waals surface area contributed by atoms with Crippen LogP contribution in [-0.4, -0.2) is 42.4 Å². The normalized spacial score (nSPS) is 20.0. The first-order valence-electron chi connectivity index (χ1n) is 10.3. The molecule has 2 aromatic carbocycles. The SMILES string of the molecule is Cc1ccc(C(=O)NC(C(=O)N2C[C@@H](CN)[C@H](c3ccccc3)C2)C(C)C)cc1. The summed E-state index contributed by atoms with van der Waals surface area (Å²) in [5.41, 5.74) is 8.89. The number of rotatable bonds is 6. The fourth-order valence-electron chi connectivity index (χ4n) is 4.01. The van der Waals surface area contributed by atoms with E-state index in [0.717, 1.165) is 5.56 Å². The molecule has 5 nitrogen and oxygen atoms in total. The molecule has 1 aliphatic rings. The number of benzene rings is 2. The summed E-state index contributed by atoms with van der Waals surface area (Å²) in [4.78, 5) is 27.9. The van der Waals surface area contributed by atoms with Gasteiger partial charge in [0.1, 0.15) is 6.04 Å². The van der Waals surface area contributed by atoms with Crippen LogP contribution in [0.1, 0.15) is 41.3 Å². The Bertz CT molecular complexity index is 833. The zero-order chi connectivity index (χ0) is 21.0. The molecule has 1 unspecified atom stereocenters. The second kappa shape index (κ2) is 9.23. The predicted molar refractivity (Wildman–Crippen MR) is 116 cm³/mol. The fraction of sp³-hybridized carbons (Fsp3) is 0.417. The van der Waals surface area contributed by atoms with Crippen molar-refractivity contribution in [2.45, 2.75) is 32.7 Å². The Kier molecular flexibility index (Phi) is 6.70. The van der Waals surface area contributed by atoms with Crippen LogP contribution in [0.2, 0.25) is 0 Å². The Labute approximate surface area is 173 Å². The number of nitrogens with one attached hydrogen (secondary N) is 1. The van der Waals surface area contributed by atoms with Crippen molar-refractivity contribution in [1.82, 2.24) is 10.2 Å². The number of carbonyl (C=O) groups excluding carboxylic acids is 2. The Hall–Kier alpha value is -2.66. The first-order valence-corrected chi connectivity index (χ1v) is 10.3. The molecule has 2 amide bonds. The highest BCUT2D eigenvalue weighted by molar-refractivity contribution is 5.97. The molecule has 1 heterocycles. The molecule has 1 aliphatic heterocycles. The monoisotopic (exact) mass is 393 g/mol. The van der Waals surface area contributed by atoms with Crippen LogP contribution in [0.3, 0.4) is 0 Å². The topological polar surface area (TPSA) is 75.4 Å². The van der Waals surface area contributed by atoms with E-state index in [4.69, 9.17) is 5.73 Å². The van der Waals surface area contributed by atoms with Crippen molar-refractivity contribution in [1.29, 1.82) is 0 Å². The molecular formula is C24H31N3O2. The third kappa shape index (κ3) is 4.85. The standard InChI is InChI=1S/C24H31N3O2/c1-16(2)22(26-23(28)19-11-9-17(3)10-12-19)24(29)27-14-20(13-25)21(15-27)18-7-5-4-6-8-18/h4-12,16,20-22H,13-15,25H2,1-3H3,(H,26,28)/t20-,21+,22?/m1/s1. The van der Waals surface area contributed by atoms with Gasteiger partial charge in [-0.15, -0.1) is 0 Å². The Morgan fingerprint density at radius 3 is 2.31 bits per heavy atom. The number of nitrogens with zero attached hydrogens (tertiary/aromatic N) is 1. The molecule has 2 aromatic rings. The van der Waals surface area contributed by atoms with E-state index in [1.165, 1.54) is 5.56 Å². The summed E-state index contributed by atoms with van der Waals surface area (Å²) >= 11 is 0. The molecule has 0 radical (unpaired) electrons. The molecule has 3 N–H and O–H groups in total. The van der Waals surface area contributed by atoms with Crippen LogP contribution >= 0.6 is 0 Å². The molecule has 29 heavy (non-hydrogen) atoms. The lowest BCUT2D eigenvalue weighted by molar-refractivity contribution is -0.133. The quantitative estimate of drug-likeness (QED) is 0.792. The van der Waals surface area contributed by atoms with E-state index in [-0.39, 0.29) is 29.6 Å². The Morgan fingerprint density at radius 1 is 1.07 bits per heavy atom. The van der Waals surface area contributed by atoms with Crippen molar-refractivity contribution in [2.75, 3.05) is 19.6 Å². The van der Waals surface area contributed by atoms with Crippen LogP contribution in [0.15, 0.2) is 54.6 Å². The highest BCUT2D eigenvalue weighted by Crippen LogP contribution is 2.32. The summed E-state index contributed by atoms with van der Waals surface area (Å²) in [6.45, 7) is 7.69. The lowest BCUT2D eigenvalue weighted by atomic mass is 9.89. The lowest BCUT2D eigenvalue weighted by Gasteiger charge is -2.27. The number of carbonyl (C=O) groups is 2. The fourth-order valence-corrected chi connectivity index (χ4v) is 4.01. The van der Waals surface area contributed by atoms with Gasteiger partial charge in [0.2, 0.25) is 5.91 Å². The zero-order valence-corrected chi connectivity index (χ0v) is 17.5. The number of amides is 2. The number of hydrogen-bond acceptors (Lipinski definition) is 3. The molecule has 0 aromatic heterocycles. The van der Waals surface area contributed by atoms with Gasteiger partial charge < -0.3 is 16.0 Å². The summed E-state index contributed by atoms with van der Waals surface area (Å²) in [6.07, 6.45) is 0. The van der Waals surface area contributed by atoms with E-state index >= 15 is 0 Å². The van der Waals surface area contributed by atoms with Gasteiger partial charge in [0, 0.05) is 24.6 Å². The van der Waals surface area contributed by atoms with Crippen molar-refractivity contribution >= 4 is 11.8 Å². The van der Waals surface area contributed by atoms with Crippen molar-refractivity contribution in [3.63, 3.8) is 0 Å². The maximum atomic E-state index is 13.3. The Balaban J connectivity index is 1.73. The first-order chi connectivity index (χ1) is 13.9. The lowest BCUT2D eigenvalue weighted by Crippen LogP contribution is -2.50. The largest absolute Gasteiger partial charge is 0.340 e. The van der Waals surface area contributed by atoms with Gasteiger partial charge in [-0.2, -0.15) is 0 Å². The minimum atomic E-state index is -0.559. The second-order valence-electron chi connectivity index (χ2n) is 8.32. The molecule has 154 valence electrons. The first kappa shape index (κ1) is 21.1. The average Bonchev–Trinajstić information content (AvgIpc) is 3.17. The minimum Gasteiger partial charge on any atom is -0.340 e. The van der Waals surface area contributed by atoms with Crippen LogP contribution in [0, 0.1) is 18.8 Å². The van der Waals surface area contributed by atoms with E-state index in [0.29, 0.717) is 25.2 Å². The minimum absolute atomic E-state index is 0.0102. The third-order valence-corrected chi connectivity index (χ3v) is 5.82. The van der Waals surface area contributed by atoms with Crippen LogP contribution in [0.4, 0.5) is 0 Å². The molecular weight excluding hydrogens is 362 g/mol. The highest BCUT2D eigenvalue weighted by atomic mass is 16.2. The maximum absolute atomic E-state index is 13.3. The second-order valence-corrected chi connectivity index (χ2v) is 8.32. The number of aryl methyl sites for hydroxylation is 1. The summed E-state index contributed by atoms with van der Waals surface area (Å²) in [7, 11) is 0. The Morgan fingerprint density at radius 2 is 1.72 bits per heavy atom. The van der Waals surface area contributed by atoms with Gasteiger partial charge in [0.05, 0.1) is 0 Å². The molecule has 1 saturated heterocycles. The van der Waals surface area contributed by atoms with E-state index in [1.54, 1.807) is 12.1 Å². The molecule has 0 bridgehead atoms. The van der Waals surface area contributed by atoms with Gasteiger partial charge in [0.25, 0.3) is 5.91 Å². The van der Waals surface area contributed by atoms with Gasteiger partial charge in [-0.3, -0.25) is 9.59 Å². The van der Waals surface area contributed by atoms with Crippen molar-refractivity contribution in [3.8, 4) is 0 Å². The van der Waals surface area contributed by atoms with Crippen LogP contribution in [0.25, 0.3) is 0 Å². The number of nitrogens with two attached hydrogens (primary N) is 1. The van der Waals surface area contributed by atoms with Gasteiger partial charge in [-0.25, -0.2) is 0 Å². The van der Waals surface area contributed by atoms with E-state index in [9.17, 15) is 9.59 Å². The molecule has 0 aliphatic carbocycles. The van der Waals surface area contributed by atoms with E-state index in [2.05, 4.69) is 17.4 Å². The molecule has 0 spiro atoms. The summed E-state index contributed by atoms with van der Waals surface area (Å²) in [5, 5.41) is 2.95. The van der Waals surface area contributed by atoms with Crippen LogP contribution in [-0.2, 0) is 4.79 Å². The van der Waals surface area contributed by atoms with Crippen molar-refractivity contribution in [2.24, 2.45) is 17.6 Å². The summed E-state index contributed by atoms with van der Waals surface area (Å²) in [6, 6.07) is 17.1. The van der Waals surface area contributed by atoms with Gasteiger partial charge in [0.15, 0.2) is 0 Å². The molecule has 5 heteroatoms. The molecule has 3 atom stereocenters. The summed E-state index contributed by atoms with van der Waals surface area (Å²) < 4.78 is 0. The number of likely N-dealkylation sites (tertiary alicyclic amines) is 1. The molecule has 1 fully saturated rings. The maximum Gasteiger partial charge on any atom is 0.251 e. The van der Waals surface area contributed by atoms with Gasteiger partial charge in [-0.05, 0) is 43.0 Å². The third-order valence-electron chi connectivity index (χ3n) is 5.82. The van der Waals surface area contributed by atoms with E-state index in [1.807, 2.05) is 56.0 Å². The highest BCUT2D eigenvalue weighted by Gasteiger charge is 2.38. The predicted octanol–water partition coefficient (Wildman–Crippen LogP) is 2.95. The average molecular weight is 394 g/mol. The van der Waals surface area contributed by atoms with Crippen LogP contribution in [0.5, 0.6) is 0 Å². The smallest absolute Gasteiger partial charge is 0.251 e. The molecule has 3 rings (SSSR count). The van der Waals surface area contributed by atoms with Crippen molar-refractivity contribution < 1.29 is 9.59 Å². The molecule has 0 saturated carbocycles. The van der Waals surface area contributed by atoms with Gasteiger partial charge >= 0.3 is 0 Å². The zero-order valence-electron chi connectivity index (χ0n) is 17.5. The van der Waals surface area contributed by atoms with Gasteiger partial charge in [-0.1, -0.05) is 61.9 Å². The summed E-state index contributed by atoms with van der Waals surface area (Å²) in [5.74, 6) is 0.195.